The molecular formula is C23H33N3O4. The molecule has 4 N–H and O–H groups in total. The lowest BCUT2D eigenvalue weighted by Crippen LogP contribution is -2.43. The largest absolute Gasteiger partial charge is 0.398 e. The van der Waals surface area contributed by atoms with Crippen LogP contribution in [0.2, 0.25) is 0 Å². The van der Waals surface area contributed by atoms with E-state index in [1.54, 1.807) is 31.2 Å². The van der Waals surface area contributed by atoms with Gasteiger partial charge in [0.25, 0.3) is 0 Å². The average Bonchev–Trinajstić information content (AvgIpc) is 3.33. The summed E-state index contributed by atoms with van der Waals surface area (Å²) in [6.07, 6.45) is 1.80. The molecule has 1 aliphatic heterocycles. The normalized spacial score (nSPS) is 26.7. The first kappa shape index (κ1) is 22.3. The van der Waals surface area contributed by atoms with Crippen molar-refractivity contribution in [1.29, 1.82) is 0 Å². The number of carbonyl (C=O) groups excluding carboxylic acids is 3. The summed E-state index contributed by atoms with van der Waals surface area (Å²) in [5, 5.41) is 5.91. The lowest BCUT2D eigenvalue weighted by atomic mass is 9.91. The lowest BCUT2D eigenvalue weighted by Gasteiger charge is -2.22. The Kier molecular flexibility index (Phi) is 6.22. The van der Waals surface area contributed by atoms with Crippen LogP contribution in [-0.2, 0) is 14.3 Å². The maximum absolute atomic E-state index is 13.4. The minimum Gasteiger partial charge on any atom is -0.398 e. The van der Waals surface area contributed by atoms with Crippen molar-refractivity contribution in [3.8, 4) is 0 Å². The number of ether oxygens (including phenoxy) is 1. The summed E-state index contributed by atoms with van der Waals surface area (Å²) in [6.45, 7) is 9.26. The summed E-state index contributed by atoms with van der Waals surface area (Å²) in [6, 6.07) is 6.80. The molecule has 1 saturated carbocycles. The van der Waals surface area contributed by atoms with Crippen LogP contribution in [0.15, 0.2) is 24.3 Å². The molecule has 0 unspecified atom stereocenters. The first-order chi connectivity index (χ1) is 14.1. The molecule has 0 spiro atoms. The monoisotopic (exact) mass is 415 g/mol. The number of para-hydroxylation sites is 1. The van der Waals surface area contributed by atoms with Crippen LogP contribution in [-0.4, -0.2) is 42.9 Å². The van der Waals surface area contributed by atoms with Gasteiger partial charge in [0.05, 0.1) is 17.3 Å². The average molecular weight is 416 g/mol. The number of Topliss-reactive ketones (excluding diaryl/α,β-unsaturated/α-hetero) is 1. The number of rotatable bonds is 6. The summed E-state index contributed by atoms with van der Waals surface area (Å²) in [5.74, 6) is -1.87. The van der Waals surface area contributed by atoms with Crippen LogP contribution in [0.25, 0.3) is 0 Å². The maximum Gasteiger partial charge on any atom is 0.225 e. The van der Waals surface area contributed by atoms with Crippen molar-refractivity contribution >= 4 is 23.3 Å². The molecule has 164 valence electrons. The molecule has 0 bridgehead atoms. The fraction of sp³-hybridized carbons (Fsp3) is 0.609. The van der Waals surface area contributed by atoms with E-state index in [1.165, 1.54) is 0 Å². The quantitative estimate of drug-likeness (QED) is 0.487. The van der Waals surface area contributed by atoms with Crippen molar-refractivity contribution in [1.82, 2.24) is 10.6 Å². The third kappa shape index (κ3) is 4.51. The summed E-state index contributed by atoms with van der Waals surface area (Å²) in [5.41, 5.74) is 5.14. The van der Waals surface area contributed by atoms with Crippen molar-refractivity contribution < 1.29 is 19.1 Å². The predicted molar refractivity (Wildman–Crippen MR) is 115 cm³/mol. The summed E-state index contributed by atoms with van der Waals surface area (Å²) < 4.78 is 5.36. The Morgan fingerprint density at radius 3 is 2.30 bits per heavy atom. The second kappa shape index (κ2) is 8.38. The molecule has 7 nitrogen and oxygen atoms in total. The van der Waals surface area contributed by atoms with Crippen molar-refractivity contribution in [2.24, 2.45) is 23.2 Å². The number of hydrogen-bond acceptors (Lipinski definition) is 5. The molecule has 1 saturated heterocycles. The molecule has 3 rings (SSSR count). The van der Waals surface area contributed by atoms with E-state index >= 15 is 0 Å². The third-order valence-corrected chi connectivity index (χ3v) is 6.18. The zero-order valence-corrected chi connectivity index (χ0v) is 18.3. The molecule has 2 amide bonds. The van der Waals surface area contributed by atoms with Gasteiger partial charge in [0.15, 0.2) is 5.78 Å². The molecule has 3 atom stereocenters. The van der Waals surface area contributed by atoms with Crippen LogP contribution in [0.4, 0.5) is 5.69 Å². The van der Waals surface area contributed by atoms with Crippen LogP contribution < -0.4 is 16.4 Å². The minimum atomic E-state index is -1.12. The number of nitrogens with two attached hydrogens (primary N) is 1. The number of hydrogen-bond donors (Lipinski definition) is 3. The van der Waals surface area contributed by atoms with Crippen LogP contribution in [0, 0.1) is 23.2 Å². The Bertz CT molecular complexity index is 826. The fourth-order valence-electron chi connectivity index (χ4n) is 4.39. The summed E-state index contributed by atoms with van der Waals surface area (Å²) in [7, 11) is 0. The van der Waals surface area contributed by atoms with Gasteiger partial charge in [-0.25, -0.2) is 0 Å². The third-order valence-electron chi connectivity index (χ3n) is 6.18. The molecular weight excluding hydrogens is 382 g/mol. The number of benzene rings is 1. The Hall–Kier alpha value is -2.41. The predicted octanol–water partition coefficient (Wildman–Crippen LogP) is 2.16. The maximum atomic E-state index is 13.4. The molecule has 2 fully saturated rings. The van der Waals surface area contributed by atoms with E-state index < -0.39 is 22.8 Å². The van der Waals surface area contributed by atoms with Gasteiger partial charge in [-0.05, 0) is 51.7 Å². The second-order valence-electron chi connectivity index (χ2n) is 9.69. The first-order valence-corrected chi connectivity index (χ1v) is 10.6. The lowest BCUT2D eigenvalue weighted by molar-refractivity contribution is -0.128. The van der Waals surface area contributed by atoms with Crippen LogP contribution in [0.1, 0.15) is 50.9 Å². The van der Waals surface area contributed by atoms with E-state index in [0.717, 1.165) is 12.8 Å². The van der Waals surface area contributed by atoms with Gasteiger partial charge < -0.3 is 21.1 Å². The SMILES string of the molecule is CC(C)(C)NC(=O)[C@H]1[C@@H](C(=O)NCC2CCOCC2)[C@@]1(C)C(=O)c1ccccc1N. The topological polar surface area (TPSA) is 111 Å². The summed E-state index contributed by atoms with van der Waals surface area (Å²) in [4.78, 5) is 39.4. The molecule has 1 aromatic rings. The van der Waals surface area contributed by atoms with Gasteiger partial charge in [0.2, 0.25) is 11.8 Å². The van der Waals surface area contributed by atoms with Crippen molar-refractivity contribution in [2.75, 3.05) is 25.5 Å². The molecule has 7 heteroatoms. The van der Waals surface area contributed by atoms with Gasteiger partial charge in [-0.15, -0.1) is 0 Å². The molecule has 1 heterocycles. The fourth-order valence-corrected chi connectivity index (χ4v) is 4.39. The number of nitrogens with one attached hydrogen (secondary N) is 2. The molecule has 30 heavy (non-hydrogen) atoms. The van der Waals surface area contributed by atoms with Gasteiger partial charge >= 0.3 is 0 Å². The Morgan fingerprint density at radius 1 is 1.10 bits per heavy atom. The van der Waals surface area contributed by atoms with E-state index in [4.69, 9.17) is 10.5 Å². The van der Waals surface area contributed by atoms with Gasteiger partial charge in [-0.3, -0.25) is 14.4 Å². The number of amides is 2. The molecule has 0 aromatic heterocycles. The number of anilines is 1. The Labute approximate surface area is 178 Å². The molecule has 1 aromatic carbocycles. The van der Waals surface area contributed by atoms with E-state index in [9.17, 15) is 14.4 Å². The Balaban J connectivity index is 1.80. The van der Waals surface area contributed by atoms with Gasteiger partial charge in [0.1, 0.15) is 0 Å². The number of carbonyl (C=O) groups is 3. The van der Waals surface area contributed by atoms with Crippen LogP contribution >= 0.6 is 0 Å². The van der Waals surface area contributed by atoms with E-state index in [1.807, 2.05) is 20.8 Å². The van der Waals surface area contributed by atoms with Gasteiger partial charge in [-0.1, -0.05) is 19.1 Å². The molecule has 1 aliphatic carbocycles. The highest BCUT2D eigenvalue weighted by molar-refractivity contribution is 6.14. The van der Waals surface area contributed by atoms with Crippen molar-refractivity contribution in [2.45, 2.75) is 46.1 Å². The highest BCUT2D eigenvalue weighted by Crippen LogP contribution is 2.61. The van der Waals surface area contributed by atoms with Crippen LogP contribution in [0.3, 0.4) is 0 Å². The second-order valence-corrected chi connectivity index (χ2v) is 9.69. The smallest absolute Gasteiger partial charge is 0.225 e. The van der Waals surface area contributed by atoms with Gasteiger partial charge in [0, 0.05) is 36.5 Å². The first-order valence-electron chi connectivity index (χ1n) is 10.6. The molecule has 2 aliphatic rings. The van der Waals surface area contributed by atoms with E-state index in [0.29, 0.717) is 36.9 Å². The standard InChI is InChI=1S/C23H33N3O4/c1-22(2,3)26-21(29)18-17(20(28)25-13-14-9-11-30-12-10-14)23(18,4)19(27)15-7-5-6-8-16(15)24/h5-8,14,17-18H,9-13,24H2,1-4H3,(H,25,28)(H,26,29)/t17-,18+,23+/m0/s1. The zero-order chi connectivity index (χ0) is 22.1. The summed E-state index contributed by atoms with van der Waals surface area (Å²) >= 11 is 0. The van der Waals surface area contributed by atoms with Gasteiger partial charge in [-0.2, -0.15) is 0 Å². The number of ketones is 1. The zero-order valence-electron chi connectivity index (χ0n) is 18.3. The minimum absolute atomic E-state index is 0.249. The van der Waals surface area contributed by atoms with E-state index in [-0.39, 0.29) is 17.6 Å². The van der Waals surface area contributed by atoms with E-state index in [2.05, 4.69) is 10.6 Å². The molecule has 0 radical (unpaired) electrons. The Morgan fingerprint density at radius 2 is 1.70 bits per heavy atom. The van der Waals surface area contributed by atoms with Crippen LogP contribution in [0.5, 0.6) is 0 Å². The highest BCUT2D eigenvalue weighted by Gasteiger charge is 2.72. The van der Waals surface area contributed by atoms with Crippen molar-refractivity contribution in [3.63, 3.8) is 0 Å². The van der Waals surface area contributed by atoms with Crippen molar-refractivity contribution in [3.05, 3.63) is 29.8 Å². The highest BCUT2D eigenvalue weighted by atomic mass is 16.5. The number of nitrogen functional groups attached to an aromatic ring is 1.